The normalized spacial score (nSPS) is 12.6. The number of hydrogen-bond acceptors (Lipinski definition) is 2. The molecule has 0 fully saturated rings. The minimum Gasteiger partial charge on any atom is -0.310 e. The first-order valence-corrected chi connectivity index (χ1v) is 7.08. The SMILES string of the molecule is CCNC(CCc1ccnn1C)c1cccc(C)c1F. The third-order valence-electron chi connectivity index (χ3n) is 3.66. The van der Waals surface area contributed by atoms with Crippen molar-refractivity contribution >= 4 is 0 Å². The zero-order chi connectivity index (χ0) is 14.5. The summed E-state index contributed by atoms with van der Waals surface area (Å²) in [6.45, 7) is 4.68. The Bertz CT molecular complexity index is 563. The van der Waals surface area contributed by atoms with E-state index in [4.69, 9.17) is 0 Å². The molecule has 0 saturated heterocycles. The summed E-state index contributed by atoms with van der Waals surface area (Å²) in [4.78, 5) is 0. The molecule has 0 aliphatic carbocycles. The van der Waals surface area contributed by atoms with Crippen LogP contribution in [0.4, 0.5) is 4.39 Å². The summed E-state index contributed by atoms with van der Waals surface area (Å²) in [5.41, 5.74) is 2.63. The van der Waals surface area contributed by atoms with Gasteiger partial charge in [-0.2, -0.15) is 5.10 Å². The van der Waals surface area contributed by atoms with Gasteiger partial charge in [0.05, 0.1) is 0 Å². The van der Waals surface area contributed by atoms with Gasteiger partial charge in [-0.1, -0.05) is 25.1 Å². The molecule has 0 radical (unpaired) electrons. The zero-order valence-electron chi connectivity index (χ0n) is 12.4. The van der Waals surface area contributed by atoms with E-state index in [2.05, 4.69) is 10.4 Å². The highest BCUT2D eigenvalue weighted by atomic mass is 19.1. The van der Waals surface area contributed by atoms with Crippen LogP contribution in [0.3, 0.4) is 0 Å². The molecule has 0 saturated carbocycles. The molecule has 0 amide bonds. The van der Waals surface area contributed by atoms with E-state index in [1.165, 1.54) is 5.69 Å². The average molecular weight is 275 g/mol. The molecule has 108 valence electrons. The summed E-state index contributed by atoms with van der Waals surface area (Å²) in [6.07, 6.45) is 3.53. The first kappa shape index (κ1) is 14.7. The van der Waals surface area contributed by atoms with Gasteiger partial charge in [-0.15, -0.1) is 0 Å². The van der Waals surface area contributed by atoms with Crippen LogP contribution in [0.1, 0.15) is 36.2 Å². The van der Waals surface area contributed by atoms with Crippen molar-refractivity contribution < 1.29 is 4.39 Å². The number of hydrogen-bond donors (Lipinski definition) is 1. The Morgan fingerprint density at radius 3 is 2.80 bits per heavy atom. The van der Waals surface area contributed by atoms with E-state index >= 15 is 0 Å². The highest BCUT2D eigenvalue weighted by Gasteiger charge is 2.16. The summed E-state index contributed by atoms with van der Waals surface area (Å²) in [6, 6.07) is 7.65. The Morgan fingerprint density at radius 2 is 2.15 bits per heavy atom. The first-order valence-electron chi connectivity index (χ1n) is 7.08. The highest BCUT2D eigenvalue weighted by molar-refractivity contribution is 5.27. The van der Waals surface area contributed by atoms with Crippen molar-refractivity contribution in [3.63, 3.8) is 0 Å². The number of rotatable bonds is 6. The third kappa shape index (κ3) is 3.25. The van der Waals surface area contributed by atoms with Crippen LogP contribution in [0.25, 0.3) is 0 Å². The first-order chi connectivity index (χ1) is 9.63. The molecule has 0 bridgehead atoms. The van der Waals surface area contributed by atoms with Gasteiger partial charge in [0.25, 0.3) is 0 Å². The standard InChI is InChI=1S/C16H22FN3/c1-4-18-15(9-8-13-10-11-19-20(13)3)14-7-5-6-12(2)16(14)17/h5-7,10-11,15,18H,4,8-9H2,1-3H3. The predicted octanol–water partition coefficient (Wildman–Crippen LogP) is 3.15. The molecular formula is C16H22FN3. The van der Waals surface area contributed by atoms with Crippen LogP contribution in [0, 0.1) is 12.7 Å². The van der Waals surface area contributed by atoms with Crippen molar-refractivity contribution in [2.75, 3.05) is 6.54 Å². The average Bonchev–Trinajstić information content (AvgIpc) is 2.84. The largest absolute Gasteiger partial charge is 0.310 e. The molecule has 1 aromatic carbocycles. The molecule has 3 nitrogen and oxygen atoms in total. The second kappa shape index (κ2) is 6.66. The van der Waals surface area contributed by atoms with E-state index in [0.717, 1.165) is 24.9 Å². The Kier molecular flexibility index (Phi) is 4.90. The van der Waals surface area contributed by atoms with E-state index < -0.39 is 0 Å². The van der Waals surface area contributed by atoms with Gasteiger partial charge in [0.2, 0.25) is 0 Å². The third-order valence-corrected chi connectivity index (χ3v) is 3.66. The van der Waals surface area contributed by atoms with Crippen molar-refractivity contribution in [1.82, 2.24) is 15.1 Å². The molecule has 1 aromatic heterocycles. The van der Waals surface area contributed by atoms with Gasteiger partial charge in [-0.05, 0) is 37.9 Å². The van der Waals surface area contributed by atoms with Crippen LogP contribution in [0.2, 0.25) is 0 Å². The number of aromatic nitrogens is 2. The second-order valence-corrected chi connectivity index (χ2v) is 5.07. The highest BCUT2D eigenvalue weighted by Crippen LogP contribution is 2.23. The topological polar surface area (TPSA) is 29.9 Å². The molecule has 0 aliphatic heterocycles. The lowest BCUT2D eigenvalue weighted by molar-refractivity contribution is 0.477. The Morgan fingerprint density at radius 1 is 1.35 bits per heavy atom. The summed E-state index contributed by atoms with van der Waals surface area (Å²) >= 11 is 0. The molecule has 2 rings (SSSR count). The maximum atomic E-state index is 14.3. The number of aryl methyl sites for hydroxylation is 3. The van der Waals surface area contributed by atoms with Gasteiger partial charge in [0.15, 0.2) is 0 Å². The predicted molar refractivity (Wildman–Crippen MR) is 79.1 cm³/mol. The monoisotopic (exact) mass is 275 g/mol. The molecule has 1 heterocycles. The lowest BCUT2D eigenvalue weighted by Gasteiger charge is -2.19. The molecule has 1 N–H and O–H groups in total. The van der Waals surface area contributed by atoms with Crippen LogP contribution < -0.4 is 5.32 Å². The van der Waals surface area contributed by atoms with Crippen molar-refractivity contribution in [3.8, 4) is 0 Å². The molecule has 2 aromatic rings. The van der Waals surface area contributed by atoms with Gasteiger partial charge in [0, 0.05) is 30.5 Å². The van der Waals surface area contributed by atoms with Crippen LogP contribution >= 0.6 is 0 Å². The fourth-order valence-electron chi connectivity index (χ4n) is 2.49. The zero-order valence-corrected chi connectivity index (χ0v) is 12.4. The number of benzene rings is 1. The Balaban J connectivity index is 2.14. The quantitative estimate of drug-likeness (QED) is 0.877. The molecule has 20 heavy (non-hydrogen) atoms. The summed E-state index contributed by atoms with van der Waals surface area (Å²) < 4.78 is 16.1. The minimum atomic E-state index is -0.0940. The smallest absolute Gasteiger partial charge is 0.130 e. The van der Waals surface area contributed by atoms with Crippen molar-refractivity contribution in [3.05, 3.63) is 53.1 Å². The maximum absolute atomic E-state index is 14.3. The van der Waals surface area contributed by atoms with Crippen LogP contribution in [-0.2, 0) is 13.5 Å². The van der Waals surface area contributed by atoms with Crippen LogP contribution in [0.5, 0.6) is 0 Å². The van der Waals surface area contributed by atoms with Crippen LogP contribution in [0.15, 0.2) is 30.5 Å². The maximum Gasteiger partial charge on any atom is 0.130 e. The van der Waals surface area contributed by atoms with E-state index in [1.807, 2.05) is 49.8 Å². The molecule has 0 spiro atoms. The number of halogens is 1. The molecule has 1 unspecified atom stereocenters. The van der Waals surface area contributed by atoms with Crippen molar-refractivity contribution in [1.29, 1.82) is 0 Å². The van der Waals surface area contributed by atoms with E-state index in [1.54, 1.807) is 6.20 Å². The van der Waals surface area contributed by atoms with E-state index in [0.29, 0.717) is 5.56 Å². The van der Waals surface area contributed by atoms with E-state index in [-0.39, 0.29) is 11.9 Å². The summed E-state index contributed by atoms with van der Waals surface area (Å²) in [7, 11) is 1.94. The lowest BCUT2D eigenvalue weighted by Crippen LogP contribution is -2.23. The molecule has 0 aliphatic rings. The summed E-state index contributed by atoms with van der Waals surface area (Å²) in [5.74, 6) is -0.0940. The van der Waals surface area contributed by atoms with Gasteiger partial charge >= 0.3 is 0 Å². The van der Waals surface area contributed by atoms with Gasteiger partial charge in [-0.3, -0.25) is 4.68 Å². The van der Waals surface area contributed by atoms with Crippen molar-refractivity contribution in [2.24, 2.45) is 7.05 Å². The van der Waals surface area contributed by atoms with Crippen molar-refractivity contribution in [2.45, 2.75) is 32.7 Å². The van der Waals surface area contributed by atoms with Crippen LogP contribution in [-0.4, -0.2) is 16.3 Å². The Labute approximate surface area is 119 Å². The lowest BCUT2D eigenvalue weighted by atomic mass is 9.98. The molecule has 4 heteroatoms. The molecular weight excluding hydrogens is 253 g/mol. The summed E-state index contributed by atoms with van der Waals surface area (Å²) in [5, 5.41) is 7.55. The fourth-order valence-corrected chi connectivity index (χ4v) is 2.49. The minimum absolute atomic E-state index is 0.0369. The Hall–Kier alpha value is -1.68. The van der Waals surface area contributed by atoms with Gasteiger partial charge in [0.1, 0.15) is 5.82 Å². The van der Waals surface area contributed by atoms with E-state index in [9.17, 15) is 4.39 Å². The fraction of sp³-hybridized carbons (Fsp3) is 0.438. The second-order valence-electron chi connectivity index (χ2n) is 5.07. The molecule has 1 atom stereocenters. The number of nitrogens with one attached hydrogen (secondary N) is 1. The number of nitrogens with zero attached hydrogens (tertiary/aromatic N) is 2. The van der Waals surface area contributed by atoms with Gasteiger partial charge < -0.3 is 5.32 Å². The van der Waals surface area contributed by atoms with Gasteiger partial charge in [-0.25, -0.2) is 4.39 Å².